The maximum atomic E-state index is 14.0. The SMILES string of the molecule is CCOc1cc(C2C(=C(O)c3nc4c(C)cccn4c3C)C(=O)C(=O)N2c2nnc(SCc3ccc(C)cc3)s2)ccc1OCc1ccccc1. The number of benzene rings is 3. The largest absolute Gasteiger partial charge is 0.505 e. The maximum Gasteiger partial charge on any atom is 0.301 e. The molecule has 1 N–H and O–H groups in total. The van der Waals surface area contributed by atoms with Crippen LogP contribution < -0.4 is 14.4 Å². The standard InChI is InChI=1S/C39H35N5O5S2/c1-5-48-30-20-28(17-18-29(30)49-21-26-11-7-6-8-12-26)33-31(34(45)32-25(4)43-19-9-10-24(3)36(43)40-32)35(46)37(47)44(33)38-41-42-39(51-38)50-22-27-15-13-23(2)14-16-27/h6-20,33,45H,5,21-22H2,1-4H3. The van der Waals surface area contributed by atoms with Crippen LogP contribution in [0.5, 0.6) is 11.5 Å². The molecule has 0 spiro atoms. The lowest BCUT2D eigenvalue weighted by Crippen LogP contribution is -2.29. The van der Waals surface area contributed by atoms with Gasteiger partial charge in [-0.1, -0.05) is 95.4 Å². The molecule has 0 saturated carbocycles. The number of hydrogen-bond acceptors (Lipinski definition) is 10. The van der Waals surface area contributed by atoms with Gasteiger partial charge in [-0.15, -0.1) is 10.2 Å². The van der Waals surface area contributed by atoms with E-state index < -0.39 is 17.7 Å². The van der Waals surface area contributed by atoms with Gasteiger partial charge in [0, 0.05) is 11.9 Å². The molecule has 1 aliphatic heterocycles. The zero-order chi connectivity index (χ0) is 35.6. The molecule has 6 aromatic rings. The van der Waals surface area contributed by atoms with Crippen molar-refractivity contribution in [2.24, 2.45) is 0 Å². The number of amides is 1. The van der Waals surface area contributed by atoms with E-state index in [0.717, 1.165) is 16.7 Å². The number of anilines is 1. The molecule has 7 rings (SSSR count). The minimum Gasteiger partial charge on any atom is -0.505 e. The van der Waals surface area contributed by atoms with Crippen LogP contribution in [0.4, 0.5) is 5.13 Å². The third kappa shape index (κ3) is 6.72. The van der Waals surface area contributed by atoms with Gasteiger partial charge in [-0.05, 0) is 68.1 Å². The van der Waals surface area contributed by atoms with Gasteiger partial charge < -0.3 is 19.0 Å². The van der Waals surface area contributed by atoms with Crippen LogP contribution >= 0.6 is 23.1 Å². The van der Waals surface area contributed by atoms with Gasteiger partial charge in [-0.25, -0.2) is 4.98 Å². The molecule has 12 heteroatoms. The summed E-state index contributed by atoms with van der Waals surface area (Å²) >= 11 is 2.71. The van der Waals surface area contributed by atoms with Crippen molar-refractivity contribution in [1.29, 1.82) is 0 Å². The quantitative estimate of drug-likeness (QED) is 0.0467. The number of ketones is 1. The minimum atomic E-state index is -1.06. The first-order chi connectivity index (χ1) is 24.7. The van der Waals surface area contributed by atoms with Crippen LogP contribution in [0.25, 0.3) is 11.4 Å². The number of carbonyl (C=O) groups is 2. The Morgan fingerprint density at radius 1 is 0.902 bits per heavy atom. The minimum absolute atomic E-state index is 0.103. The summed E-state index contributed by atoms with van der Waals surface area (Å²) in [5, 5.41) is 20.9. The summed E-state index contributed by atoms with van der Waals surface area (Å²) in [6, 6.07) is 26.1. The van der Waals surface area contributed by atoms with Crippen molar-refractivity contribution >= 4 is 51.3 Å². The number of thioether (sulfide) groups is 1. The summed E-state index contributed by atoms with van der Waals surface area (Å²) in [6.07, 6.45) is 1.84. The number of hydrogen-bond donors (Lipinski definition) is 1. The van der Waals surface area contributed by atoms with Crippen molar-refractivity contribution in [2.45, 2.75) is 50.4 Å². The topological polar surface area (TPSA) is 119 Å². The zero-order valence-electron chi connectivity index (χ0n) is 28.5. The Hall–Kier alpha value is -5.46. The van der Waals surface area contributed by atoms with Crippen LogP contribution in [0.3, 0.4) is 0 Å². The Balaban J connectivity index is 1.31. The number of Topliss-reactive ketones (excluding diaryl/α,β-unsaturated/α-hetero) is 1. The number of ether oxygens (including phenoxy) is 2. The van der Waals surface area contributed by atoms with Gasteiger partial charge in [-0.2, -0.15) is 0 Å². The van der Waals surface area contributed by atoms with Gasteiger partial charge in [0.2, 0.25) is 5.13 Å². The first kappa shape index (κ1) is 34.0. The van der Waals surface area contributed by atoms with Crippen LogP contribution in [0.15, 0.2) is 101 Å². The molecular weight excluding hydrogens is 683 g/mol. The highest BCUT2D eigenvalue weighted by Gasteiger charge is 2.49. The average molecular weight is 718 g/mol. The fourth-order valence-electron chi connectivity index (χ4n) is 6.02. The van der Waals surface area contributed by atoms with E-state index in [2.05, 4.69) is 34.5 Å². The van der Waals surface area contributed by atoms with E-state index in [0.29, 0.717) is 51.7 Å². The summed E-state index contributed by atoms with van der Waals surface area (Å²) in [4.78, 5) is 34.0. The zero-order valence-corrected chi connectivity index (χ0v) is 30.1. The Morgan fingerprint density at radius 2 is 1.69 bits per heavy atom. The molecule has 1 aliphatic rings. The number of aliphatic hydroxyl groups is 1. The second-order valence-corrected chi connectivity index (χ2v) is 14.3. The van der Waals surface area contributed by atoms with Gasteiger partial charge in [-0.3, -0.25) is 14.5 Å². The first-order valence-corrected chi connectivity index (χ1v) is 18.2. The molecule has 3 aromatic carbocycles. The summed E-state index contributed by atoms with van der Waals surface area (Å²) in [5.41, 5.74) is 6.08. The average Bonchev–Trinajstić information content (AvgIpc) is 3.82. The van der Waals surface area contributed by atoms with Crippen molar-refractivity contribution in [3.8, 4) is 11.5 Å². The van der Waals surface area contributed by atoms with Gasteiger partial charge in [0.1, 0.15) is 17.9 Å². The molecule has 1 fully saturated rings. The number of aryl methyl sites for hydroxylation is 3. The maximum absolute atomic E-state index is 14.0. The number of carbonyl (C=O) groups excluding carboxylic acids is 2. The molecule has 1 saturated heterocycles. The van der Waals surface area contributed by atoms with Crippen molar-refractivity contribution in [3.05, 3.63) is 136 Å². The number of imidazole rings is 1. The molecular formula is C39H35N5O5S2. The fraction of sp³-hybridized carbons (Fsp3) is 0.205. The van der Waals surface area contributed by atoms with E-state index in [1.165, 1.54) is 33.6 Å². The molecule has 1 amide bonds. The Kier molecular flexibility index (Phi) is 9.61. The highest BCUT2D eigenvalue weighted by Crippen LogP contribution is 2.46. The monoisotopic (exact) mass is 717 g/mol. The van der Waals surface area contributed by atoms with Crippen molar-refractivity contribution < 1.29 is 24.2 Å². The van der Waals surface area contributed by atoms with E-state index in [9.17, 15) is 14.7 Å². The molecule has 51 heavy (non-hydrogen) atoms. The van der Waals surface area contributed by atoms with E-state index in [1.807, 2.05) is 80.8 Å². The third-order valence-electron chi connectivity index (χ3n) is 8.66. The molecule has 0 radical (unpaired) electrons. The second-order valence-electron chi connectivity index (χ2n) is 12.1. The third-order valence-corrected chi connectivity index (χ3v) is 10.8. The van der Waals surface area contributed by atoms with Gasteiger partial charge in [0.15, 0.2) is 21.6 Å². The highest BCUT2D eigenvalue weighted by molar-refractivity contribution is 8.00. The van der Waals surface area contributed by atoms with Crippen LogP contribution in [-0.4, -0.2) is 43.0 Å². The lowest BCUT2D eigenvalue weighted by atomic mass is 9.96. The predicted molar refractivity (Wildman–Crippen MR) is 198 cm³/mol. The van der Waals surface area contributed by atoms with Crippen LogP contribution in [-0.2, 0) is 21.9 Å². The van der Waals surface area contributed by atoms with E-state index >= 15 is 0 Å². The molecule has 0 bridgehead atoms. The Bertz CT molecular complexity index is 2280. The Labute approximate surface area is 303 Å². The van der Waals surface area contributed by atoms with E-state index in [1.54, 1.807) is 18.2 Å². The fourth-order valence-corrected chi connectivity index (χ4v) is 7.85. The predicted octanol–water partition coefficient (Wildman–Crippen LogP) is 8.01. The van der Waals surface area contributed by atoms with Crippen molar-refractivity contribution in [2.75, 3.05) is 11.5 Å². The summed E-state index contributed by atoms with van der Waals surface area (Å²) < 4.78 is 14.7. The van der Waals surface area contributed by atoms with Gasteiger partial charge in [0.05, 0.1) is 23.9 Å². The molecule has 10 nitrogen and oxygen atoms in total. The van der Waals surface area contributed by atoms with E-state index in [-0.39, 0.29) is 22.2 Å². The van der Waals surface area contributed by atoms with Crippen molar-refractivity contribution in [1.82, 2.24) is 19.6 Å². The number of aliphatic hydroxyl groups excluding tert-OH is 1. The summed E-state index contributed by atoms with van der Waals surface area (Å²) in [6.45, 7) is 8.31. The number of fused-ring (bicyclic) bond motifs is 1. The molecule has 1 atom stereocenters. The lowest BCUT2D eigenvalue weighted by molar-refractivity contribution is -0.132. The highest BCUT2D eigenvalue weighted by atomic mass is 32.2. The number of rotatable bonds is 11. The van der Waals surface area contributed by atoms with Crippen LogP contribution in [0.1, 0.15) is 52.2 Å². The first-order valence-electron chi connectivity index (χ1n) is 16.4. The lowest BCUT2D eigenvalue weighted by Gasteiger charge is -2.23. The summed E-state index contributed by atoms with van der Waals surface area (Å²) in [5.74, 6) is -0.458. The Morgan fingerprint density at radius 3 is 2.43 bits per heavy atom. The molecule has 4 heterocycles. The molecule has 0 aliphatic carbocycles. The van der Waals surface area contributed by atoms with E-state index in [4.69, 9.17) is 14.5 Å². The normalized spacial score (nSPS) is 15.5. The van der Waals surface area contributed by atoms with Gasteiger partial charge in [0.25, 0.3) is 5.78 Å². The number of nitrogens with zero attached hydrogens (tertiary/aromatic N) is 5. The van der Waals surface area contributed by atoms with Crippen molar-refractivity contribution in [3.63, 3.8) is 0 Å². The summed E-state index contributed by atoms with van der Waals surface area (Å²) in [7, 11) is 0. The van der Waals surface area contributed by atoms with Crippen LogP contribution in [0, 0.1) is 20.8 Å². The molecule has 3 aromatic heterocycles. The van der Waals surface area contributed by atoms with Crippen LogP contribution in [0.2, 0.25) is 0 Å². The number of aromatic nitrogens is 4. The van der Waals surface area contributed by atoms with Gasteiger partial charge >= 0.3 is 5.91 Å². The smallest absolute Gasteiger partial charge is 0.301 e. The molecule has 1 unspecified atom stereocenters. The number of pyridine rings is 1. The second kappa shape index (κ2) is 14.4. The molecule has 258 valence electrons.